The standard InChI is InChI=1S/C12H24BrNO/c1-9(11(2,3)4)7-10(15)14-12(5,6)8-13/h9H,7-8H2,1-6H3,(H,14,15). The molecule has 1 atom stereocenters. The van der Waals surface area contributed by atoms with Crippen LogP contribution in [0.2, 0.25) is 0 Å². The Balaban J connectivity index is 4.17. The van der Waals surface area contributed by atoms with E-state index in [-0.39, 0.29) is 16.9 Å². The van der Waals surface area contributed by atoms with Gasteiger partial charge in [0.25, 0.3) is 0 Å². The summed E-state index contributed by atoms with van der Waals surface area (Å²) in [6, 6.07) is 0. The Morgan fingerprint density at radius 1 is 1.27 bits per heavy atom. The molecule has 0 aliphatic heterocycles. The van der Waals surface area contributed by atoms with Crippen molar-refractivity contribution in [1.29, 1.82) is 0 Å². The summed E-state index contributed by atoms with van der Waals surface area (Å²) in [5.41, 5.74) is 0.0323. The van der Waals surface area contributed by atoms with Gasteiger partial charge in [-0.15, -0.1) is 0 Å². The van der Waals surface area contributed by atoms with Gasteiger partial charge < -0.3 is 5.32 Å². The van der Waals surface area contributed by atoms with Gasteiger partial charge >= 0.3 is 0 Å². The minimum atomic E-state index is -0.158. The topological polar surface area (TPSA) is 29.1 Å². The largest absolute Gasteiger partial charge is 0.350 e. The van der Waals surface area contributed by atoms with Gasteiger partial charge in [-0.1, -0.05) is 43.6 Å². The van der Waals surface area contributed by atoms with Crippen LogP contribution in [0.25, 0.3) is 0 Å². The third-order valence-electron chi connectivity index (χ3n) is 2.78. The molecule has 3 heteroatoms. The summed E-state index contributed by atoms with van der Waals surface area (Å²) in [7, 11) is 0. The Bertz CT molecular complexity index is 218. The molecule has 90 valence electrons. The number of carbonyl (C=O) groups is 1. The first-order valence-electron chi connectivity index (χ1n) is 5.45. The van der Waals surface area contributed by atoms with E-state index in [1.807, 2.05) is 13.8 Å². The van der Waals surface area contributed by atoms with Crippen LogP contribution in [0.5, 0.6) is 0 Å². The van der Waals surface area contributed by atoms with Gasteiger partial charge in [0.2, 0.25) is 5.91 Å². The van der Waals surface area contributed by atoms with Gasteiger partial charge in [-0.3, -0.25) is 4.79 Å². The molecule has 15 heavy (non-hydrogen) atoms. The molecule has 0 fully saturated rings. The third-order valence-corrected chi connectivity index (χ3v) is 4.18. The molecule has 0 heterocycles. The van der Waals surface area contributed by atoms with Crippen molar-refractivity contribution in [1.82, 2.24) is 5.32 Å². The molecule has 0 saturated carbocycles. The first-order valence-corrected chi connectivity index (χ1v) is 6.57. The zero-order valence-corrected chi connectivity index (χ0v) is 12.4. The molecule has 1 amide bonds. The number of hydrogen-bond acceptors (Lipinski definition) is 1. The molecule has 0 aromatic rings. The maximum Gasteiger partial charge on any atom is 0.220 e. The van der Waals surface area contributed by atoms with Crippen LogP contribution in [-0.4, -0.2) is 16.8 Å². The normalized spacial score (nSPS) is 14.9. The second kappa shape index (κ2) is 5.33. The van der Waals surface area contributed by atoms with Gasteiger partial charge in [0.15, 0.2) is 0 Å². The molecule has 2 nitrogen and oxygen atoms in total. The molecular formula is C12H24BrNO. The number of amides is 1. The predicted octanol–water partition coefficient (Wildman–Crippen LogP) is 3.35. The van der Waals surface area contributed by atoms with E-state index in [1.165, 1.54) is 0 Å². The van der Waals surface area contributed by atoms with Crippen LogP contribution in [-0.2, 0) is 4.79 Å². The Morgan fingerprint density at radius 3 is 2.07 bits per heavy atom. The maximum absolute atomic E-state index is 11.7. The van der Waals surface area contributed by atoms with E-state index in [0.29, 0.717) is 12.3 Å². The van der Waals surface area contributed by atoms with Crippen molar-refractivity contribution in [3.05, 3.63) is 0 Å². The van der Waals surface area contributed by atoms with Gasteiger partial charge in [0.1, 0.15) is 0 Å². The SMILES string of the molecule is CC(CC(=O)NC(C)(C)CBr)C(C)(C)C. The van der Waals surface area contributed by atoms with Crippen molar-refractivity contribution >= 4 is 21.8 Å². The Morgan fingerprint density at radius 2 is 1.73 bits per heavy atom. The molecule has 1 unspecified atom stereocenters. The summed E-state index contributed by atoms with van der Waals surface area (Å²) in [5, 5.41) is 3.80. The van der Waals surface area contributed by atoms with E-state index in [2.05, 4.69) is 48.9 Å². The summed E-state index contributed by atoms with van der Waals surface area (Å²) >= 11 is 3.39. The lowest BCUT2D eigenvalue weighted by atomic mass is 9.80. The van der Waals surface area contributed by atoms with Crippen LogP contribution in [0, 0.1) is 11.3 Å². The van der Waals surface area contributed by atoms with Crippen molar-refractivity contribution in [2.45, 2.75) is 53.5 Å². The molecule has 0 aromatic carbocycles. The average Bonchev–Trinajstić information content (AvgIpc) is 2.01. The third kappa shape index (κ3) is 6.18. The summed E-state index contributed by atoms with van der Waals surface area (Å²) < 4.78 is 0. The fraction of sp³-hybridized carbons (Fsp3) is 0.917. The van der Waals surface area contributed by atoms with Gasteiger partial charge in [0.05, 0.1) is 0 Å². The van der Waals surface area contributed by atoms with E-state index >= 15 is 0 Å². The van der Waals surface area contributed by atoms with E-state index in [4.69, 9.17) is 0 Å². The summed E-state index contributed by atoms with van der Waals surface area (Å²) in [5.74, 6) is 0.533. The van der Waals surface area contributed by atoms with Gasteiger partial charge in [-0.05, 0) is 25.2 Å². The fourth-order valence-corrected chi connectivity index (χ4v) is 1.19. The monoisotopic (exact) mass is 277 g/mol. The molecule has 0 aromatic heterocycles. The first kappa shape index (κ1) is 14.9. The lowest BCUT2D eigenvalue weighted by molar-refractivity contribution is -0.124. The highest BCUT2D eigenvalue weighted by atomic mass is 79.9. The van der Waals surface area contributed by atoms with E-state index in [1.54, 1.807) is 0 Å². The summed E-state index contributed by atoms with van der Waals surface area (Å²) in [6.07, 6.45) is 0.597. The minimum absolute atomic E-state index is 0.141. The molecule has 0 saturated heterocycles. The second-order valence-electron chi connectivity index (χ2n) is 6.04. The van der Waals surface area contributed by atoms with Crippen molar-refractivity contribution in [2.24, 2.45) is 11.3 Å². The highest BCUT2D eigenvalue weighted by Gasteiger charge is 2.25. The van der Waals surface area contributed by atoms with Gasteiger partial charge in [-0.2, -0.15) is 0 Å². The smallest absolute Gasteiger partial charge is 0.220 e. The first-order chi connectivity index (χ1) is 6.58. The Hall–Kier alpha value is -0.0500. The molecular weight excluding hydrogens is 254 g/mol. The molecule has 1 N–H and O–H groups in total. The minimum Gasteiger partial charge on any atom is -0.350 e. The average molecular weight is 278 g/mol. The van der Waals surface area contributed by atoms with Crippen molar-refractivity contribution in [2.75, 3.05) is 5.33 Å². The quantitative estimate of drug-likeness (QED) is 0.785. The number of nitrogens with one attached hydrogen (secondary N) is 1. The van der Waals surface area contributed by atoms with Gasteiger partial charge in [0, 0.05) is 17.3 Å². The summed E-state index contributed by atoms with van der Waals surface area (Å²) in [6.45, 7) is 12.7. The maximum atomic E-state index is 11.7. The van der Waals surface area contributed by atoms with Crippen LogP contribution < -0.4 is 5.32 Å². The van der Waals surface area contributed by atoms with Crippen molar-refractivity contribution < 1.29 is 4.79 Å². The zero-order chi connectivity index (χ0) is 12.3. The lowest BCUT2D eigenvalue weighted by Crippen LogP contribution is -2.45. The fourth-order valence-electron chi connectivity index (χ4n) is 1.05. The second-order valence-corrected chi connectivity index (χ2v) is 6.60. The van der Waals surface area contributed by atoms with Crippen LogP contribution in [0.4, 0.5) is 0 Å². The lowest BCUT2D eigenvalue weighted by Gasteiger charge is -2.29. The summed E-state index contributed by atoms with van der Waals surface area (Å²) in [4.78, 5) is 11.7. The Labute approximate surface area is 102 Å². The molecule has 0 spiro atoms. The Kier molecular flexibility index (Phi) is 5.31. The van der Waals surface area contributed by atoms with Crippen molar-refractivity contribution in [3.8, 4) is 0 Å². The number of alkyl halides is 1. The van der Waals surface area contributed by atoms with Crippen LogP contribution >= 0.6 is 15.9 Å². The number of rotatable bonds is 4. The molecule has 0 radical (unpaired) electrons. The highest BCUT2D eigenvalue weighted by Crippen LogP contribution is 2.28. The van der Waals surface area contributed by atoms with Crippen molar-refractivity contribution in [3.63, 3.8) is 0 Å². The van der Waals surface area contributed by atoms with E-state index in [0.717, 1.165) is 5.33 Å². The molecule has 0 bridgehead atoms. The van der Waals surface area contributed by atoms with E-state index < -0.39 is 0 Å². The predicted molar refractivity (Wildman–Crippen MR) is 69.3 cm³/mol. The number of halogens is 1. The number of hydrogen-bond donors (Lipinski definition) is 1. The van der Waals surface area contributed by atoms with E-state index in [9.17, 15) is 4.79 Å². The van der Waals surface area contributed by atoms with Crippen LogP contribution in [0.1, 0.15) is 48.0 Å². The molecule has 0 rings (SSSR count). The molecule has 0 aliphatic carbocycles. The zero-order valence-electron chi connectivity index (χ0n) is 10.8. The van der Waals surface area contributed by atoms with Crippen LogP contribution in [0.15, 0.2) is 0 Å². The highest BCUT2D eigenvalue weighted by molar-refractivity contribution is 9.09. The molecule has 0 aliphatic rings. The number of carbonyl (C=O) groups excluding carboxylic acids is 1. The van der Waals surface area contributed by atoms with Gasteiger partial charge in [-0.25, -0.2) is 0 Å². The van der Waals surface area contributed by atoms with Crippen LogP contribution in [0.3, 0.4) is 0 Å².